The Morgan fingerprint density at radius 2 is 0.846 bits per heavy atom. The van der Waals surface area contributed by atoms with Crippen molar-refractivity contribution in [1.82, 2.24) is 0 Å². The molecule has 0 fully saturated rings. The fraction of sp³-hybridized carbons (Fsp3) is 0.0556. The topological polar surface area (TPSA) is 17.1 Å². The van der Waals surface area contributed by atoms with Gasteiger partial charge in [0.05, 0.1) is 37.1 Å². The average Bonchev–Trinajstić information content (AvgIpc) is 3.12. The van der Waals surface area contributed by atoms with Gasteiger partial charge in [0, 0.05) is 5.56 Å². The quantitative estimate of drug-likeness (QED) is 0.0431. The number of benzene rings is 5. The molecule has 5 aromatic carbocycles. The molecule has 0 unspecified atom stereocenters. The van der Waals surface area contributed by atoms with Gasteiger partial charge < -0.3 is 0 Å². The van der Waals surface area contributed by atoms with Crippen LogP contribution in [0.4, 0.5) is 43.9 Å². The summed E-state index contributed by atoms with van der Waals surface area (Å²) >= 11 is 20.6. The van der Waals surface area contributed by atoms with Crippen LogP contribution in [0.5, 0.6) is 0 Å². The third-order valence-electron chi connectivity index (χ3n) is 6.97. The monoisotopic (exact) mass is 830 g/mol. The summed E-state index contributed by atoms with van der Waals surface area (Å²) in [5, 5.41) is 0.0472. The van der Waals surface area contributed by atoms with Crippen LogP contribution in [0.25, 0.3) is 5.57 Å². The van der Waals surface area contributed by atoms with Crippen LogP contribution >= 0.6 is 53.7 Å². The van der Waals surface area contributed by atoms with Crippen LogP contribution in [0.3, 0.4) is 0 Å². The number of hydrogen-bond donors (Lipinski definition) is 0. The van der Waals surface area contributed by atoms with Gasteiger partial charge in [0.1, 0.15) is 10.0 Å². The second-order valence-corrected chi connectivity index (χ2v) is 15.1. The molecule has 0 bridgehead atoms. The zero-order chi connectivity index (χ0) is 39.2. The SMILES string of the molecule is C=C(c1cc(Cl)c(F)c(Cl)c1F)C(F)(F)F.O=C(c1cc(Cl)c(F)c(Cl)c1F)C(F)(F)F.[CH2-][P+](c1ccccc1)(c1ccccc1)c1ccccc1. The van der Waals surface area contributed by atoms with E-state index >= 15 is 0 Å². The fourth-order valence-corrected chi connectivity index (χ4v) is 8.18. The first kappa shape index (κ1) is 42.8. The molecule has 0 saturated carbocycles. The highest BCUT2D eigenvalue weighted by Gasteiger charge is 2.42. The van der Waals surface area contributed by atoms with Crippen LogP contribution in [0.1, 0.15) is 15.9 Å². The van der Waals surface area contributed by atoms with E-state index in [4.69, 9.17) is 53.1 Å². The van der Waals surface area contributed by atoms with Crippen molar-refractivity contribution < 1.29 is 48.7 Å². The first-order chi connectivity index (χ1) is 24.1. The van der Waals surface area contributed by atoms with E-state index in [0.717, 1.165) is 0 Å². The second-order valence-electron chi connectivity index (χ2n) is 10.3. The molecule has 0 amide bonds. The number of hydrogen-bond acceptors (Lipinski definition) is 1. The van der Waals surface area contributed by atoms with Gasteiger partial charge in [-0.1, -0.05) is 108 Å². The summed E-state index contributed by atoms with van der Waals surface area (Å²) in [5.74, 6) is -8.52. The summed E-state index contributed by atoms with van der Waals surface area (Å²) in [5.41, 5.74) is -3.86. The molecule has 5 aromatic rings. The van der Waals surface area contributed by atoms with Crippen LogP contribution in [0, 0.1) is 29.9 Å². The first-order valence-electron chi connectivity index (χ1n) is 14.1. The van der Waals surface area contributed by atoms with Gasteiger partial charge in [-0.3, -0.25) is 4.79 Å². The standard InChI is InChI=1S/C19H17P.C9H3Cl2F5.C8HCl2F5O/c1-20(17-11-5-2-6-12-17,18-13-7-3-8-14-18)19-15-9-4-10-16-19;1-3(9(14,15)16)4-2-5(10)8(13)6(11)7(4)12;9-3-1-2(7(16)8(13,14)15)5(11)4(10)6(3)12/h2-16H,1H2;2H,1H2;1H. The Bertz CT molecular complexity index is 1860. The largest absolute Gasteiger partial charge is 0.454 e. The Morgan fingerprint density at radius 3 is 1.15 bits per heavy atom. The van der Waals surface area contributed by atoms with Gasteiger partial charge in [-0.05, 0) is 55.8 Å². The minimum Gasteiger partial charge on any atom is -0.284 e. The van der Waals surface area contributed by atoms with Crippen LogP contribution < -0.4 is 15.9 Å². The lowest BCUT2D eigenvalue weighted by molar-refractivity contribution is -0.0887. The van der Waals surface area contributed by atoms with Crippen molar-refractivity contribution in [2.75, 3.05) is 0 Å². The van der Waals surface area contributed by atoms with Gasteiger partial charge in [0.25, 0.3) is 5.78 Å². The predicted molar refractivity (Wildman–Crippen MR) is 189 cm³/mol. The fourth-order valence-electron chi connectivity index (χ4n) is 4.33. The third kappa shape index (κ3) is 9.88. The summed E-state index contributed by atoms with van der Waals surface area (Å²) < 4.78 is 125. The summed E-state index contributed by atoms with van der Waals surface area (Å²) in [6, 6.07) is 32.7. The van der Waals surface area contributed by atoms with Crippen molar-refractivity contribution in [3.63, 3.8) is 0 Å². The van der Waals surface area contributed by atoms with Crippen LogP contribution in [-0.4, -0.2) is 18.1 Å². The molecule has 0 saturated heterocycles. The van der Waals surface area contributed by atoms with E-state index in [0.29, 0.717) is 6.07 Å². The van der Waals surface area contributed by atoms with Gasteiger partial charge in [0.15, 0.2) is 23.3 Å². The molecule has 0 radical (unpaired) electrons. The number of alkyl halides is 6. The average molecular weight is 832 g/mol. The summed E-state index contributed by atoms with van der Waals surface area (Å²) in [4.78, 5) is 10.7. The minimum absolute atomic E-state index is 0.244. The van der Waals surface area contributed by atoms with Crippen molar-refractivity contribution in [2.24, 2.45) is 0 Å². The van der Waals surface area contributed by atoms with Gasteiger partial charge in [0.2, 0.25) is 0 Å². The van der Waals surface area contributed by atoms with E-state index < -0.39 is 85.5 Å². The van der Waals surface area contributed by atoms with E-state index in [-0.39, 0.29) is 6.07 Å². The molecule has 274 valence electrons. The zero-order valence-electron chi connectivity index (χ0n) is 25.9. The van der Waals surface area contributed by atoms with E-state index in [1.165, 1.54) is 15.9 Å². The number of rotatable bonds is 5. The highest BCUT2D eigenvalue weighted by Crippen LogP contribution is 2.53. The lowest BCUT2D eigenvalue weighted by atomic mass is 10.1. The highest BCUT2D eigenvalue weighted by atomic mass is 35.5. The normalized spacial score (nSPS) is 11.5. The minimum atomic E-state index is -5.29. The number of allylic oxidation sites excluding steroid dienone is 1. The van der Waals surface area contributed by atoms with Crippen LogP contribution in [0.2, 0.25) is 20.1 Å². The molecule has 0 aliphatic carbocycles. The Labute approximate surface area is 311 Å². The number of carbonyl (C=O) groups excluding carboxylic acids is 1. The van der Waals surface area contributed by atoms with Crippen LogP contribution in [0.15, 0.2) is 110 Å². The van der Waals surface area contributed by atoms with Crippen molar-refractivity contribution in [3.05, 3.63) is 171 Å². The molecule has 0 spiro atoms. The maximum Gasteiger partial charge on any atom is 0.454 e. The van der Waals surface area contributed by atoms with Gasteiger partial charge in [-0.15, -0.1) is 0 Å². The molecule has 16 heteroatoms. The highest BCUT2D eigenvalue weighted by molar-refractivity contribution is 7.96. The summed E-state index contributed by atoms with van der Waals surface area (Å²) in [6.07, 6.45) is -10.1. The summed E-state index contributed by atoms with van der Waals surface area (Å²) in [6.45, 7) is 7.36. The maximum absolute atomic E-state index is 13.2. The summed E-state index contributed by atoms with van der Waals surface area (Å²) in [7, 11) is -1.78. The van der Waals surface area contributed by atoms with Crippen molar-refractivity contribution >= 4 is 80.9 Å². The van der Waals surface area contributed by atoms with E-state index in [2.05, 4.69) is 97.6 Å². The number of carbonyl (C=O) groups is 1. The van der Waals surface area contributed by atoms with Gasteiger partial charge >= 0.3 is 12.4 Å². The van der Waals surface area contributed by atoms with Gasteiger partial charge in [-0.25, -0.2) is 17.6 Å². The smallest absolute Gasteiger partial charge is 0.284 e. The zero-order valence-corrected chi connectivity index (χ0v) is 29.8. The van der Waals surface area contributed by atoms with Crippen molar-refractivity contribution in [3.8, 4) is 0 Å². The molecule has 5 rings (SSSR count). The molecule has 1 nitrogen and oxygen atoms in total. The molecule has 0 atom stereocenters. The molecule has 0 aliphatic heterocycles. The lowest BCUT2D eigenvalue weighted by Crippen LogP contribution is -2.28. The Hall–Kier alpha value is -3.60. The predicted octanol–water partition coefficient (Wildman–Crippen LogP) is 12.6. The van der Waals surface area contributed by atoms with E-state index in [1.54, 1.807) is 0 Å². The van der Waals surface area contributed by atoms with E-state index in [1.807, 2.05) is 0 Å². The van der Waals surface area contributed by atoms with Crippen LogP contribution in [-0.2, 0) is 0 Å². The molecular weight excluding hydrogens is 811 g/mol. The lowest BCUT2D eigenvalue weighted by Gasteiger charge is -2.30. The second kappa shape index (κ2) is 17.5. The number of Topliss-reactive ketones (excluding diaryl/α,β-unsaturated/α-hetero) is 1. The molecule has 52 heavy (non-hydrogen) atoms. The van der Waals surface area contributed by atoms with Gasteiger partial charge in [-0.2, -0.15) is 33.0 Å². The Kier molecular flexibility index (Phi) is 14.4. The first-order valence-corrected chi connectivity index (χ1v) is 17.6. The molecule has 0 heterocycles. The molecule has 0 N–H and O–H groups in total. The maximum atomic E-state index is 13.2. The van der Waals surface area contributed by atoms with E-state index in [9.17, 15) is 48.7 Å². The Balaban J connectivity index is 0.000000213. The van der Waals surface area contributed by atoms with Crippen molar-refractivity contribution in [2.45, 2.75) is 12.4 Å². The molecular formula is C36H21Cl4F10OP. The molecule has 0 aromatic heterocycles. The Morgan fingerprint density at radius 1 is 0.538 bits per heavy atom. The third-order valence-corrected chi connectivity index (χ3v) is 11.7. The number of halogens is 14. The van der Waals surface area contributed by atoms with Crippen molar-refractivity contribution in [1.29, 1.82) is 0 Å². The molecule has 0 aliphatic rings. The number of ketones is 1.